The molecule has 2 aliphatic heterocycles. The van der Waals surface area contributed by atoms with Gasteiger partial charge in [0.15, 0.2) is 0 Å². The van der Waals surface area contributed by atoms with Crippen LogP contribution < -0.4 is 0 Å². The van der Waals surface area contributed by atoms with Crippen molar-refractivity contribution in [2.45, 2.75) is 49.0 Å². The fraction of sp³-hybridized carbons (Fsp3) is 0.846. The maximum absolute atomic E-state index is 10.0. The van der Waals surface area contributed by atoms with Crippen LogP contribution in [0.5, 0.6) is 0 Å². The van der Waals surface area contributed by atoms with E-state index in [0.29, 0.717) is 26.4 Å². The summed E-state index contributed by atoms with van der Waals surface area (Å²) < 4.78 is 17.4. The molecule has 2 rings (SSSR count). The van der Waals surface area contributed by atoms with Gasteiger partial charge in [0.25, 0.3) is 0 Å². The minimum atomic E-state index is -0.546. The van der Waals surface area contributed by atoms with Crippen LogP contribution in [0.15, 0.2) is 0 Å². The molecule has 2 aliphatic rings. The minimum absolute atomic E-state index is 0. The van der Waals surface area contributed by atoms with Crippen molar-refractivity contribution in [3.05, 3.63) is 0 Å². The van der Waals surface area contributed by atoms with E-state index in [1.54, 1.807) is 0 Å². The zero-order chi connectivity index (χ0) is 13.5. The number of carbonyl (C=O) groups is 2. The summed E-state index contributed by atoms with van der Waals surface area (Å²) in [6, 6.07) is 0. The second kappa shape index (κ2) is 21.8. The van der Waals surface area contributed by atoms with Crippen LogP contribution in [0, 0.1) is 0 Å². The standard InChI is InChI=1S/C4H6O3.C3H4O3.2C2H6.2CH4/c5-4-6-2-1-3-7-4;4-3-5-1-2-6-3;2*1-2;;/h1-3H2;1-2H2;2*1-2H3;2*1H4. The molecular formula is C13H30O6. The molecule has 118 valence electrons. The zero-order valence-corrected chi connectivity index (χ0v) is 11.0. The molecule has 0 spiro atoms. The summed E-state index contributed by atoms with van der Waals surface area (Å²) in [6.07, 6.45) is -0.257. The lowest BCUT2D eigenvalue weighted by Crippen LogP contribution is -2.16. The highest BCUT2D eigenvalue weighted by Crippen LogP contribution is 1.95. The van der Waals surface area contributed by atoms with Gasteiger partial charge in [-0.2, -0.15) is 0 Å². The van der Waals surface area contributed by atoms with Crippen molar-refractivity contribution in [3.8, 4) is 0 Å². The van der Waals surface area contributed by atoms with Crippen LogP contribution in [0.4, 0.5) is 9.59 Å². The van der Waals surface area contributed by atoms with Crippen LogP contribution in [-0.4, -0.2) is 38.7 Å². The molecule has 0 unspecified atom stereocenters. The zero-order valence-electron chi connectivity index (χ0n) is 11.0. The fourth-order valence-electron chi connectivity index (χ4n) is 0.703. The Kier molecular flexibility index (Phi) is 30.0. The van der Waals surface area contributed by atoms with Crippen molar-refractivity contribution in [1.82, 2.24) is 0 Å². The Morgan fingerprint density at radius 1 is 0.632 bits per heavy atom. The van der Waals surface area contributed by atoms with Gasteiger partial charge in [0.05, 0.1) is 13.2 Å². The molecule has 6 nitrogen and oxygen atoms in total. The smallest absolute Gasteiger partial charge is 0.434 e. The Bertz CT molecular complexity index is 178. The molecular weight excluding hydrogens is 252 g/mol. The van der Waals surface area contributed by atoms with E-state index in [4.69, 9.17) is 0 Å². The summed E-state index contributed by atoms with van der Waals surface area (Å²) in [5.41, 5.74) is 0. The highest BCUT2D eigenvalue weighted by atomic mass is 16.8. The lowest BCUT2D eigenvalue weighted by Gasteiger charge is -2.09. The van der Waals surface area contributed by atoms with Gasteiger partial charge >= 0.3 is 12.3 Å². The SMILES string of the molecule is C.C.CC.CC.O=C1OCCCO1.O=C1OCCO1. The fourth-order valence-corrected chi connectivity index (χ4v) is 0.703. The summed E-state index contributed by atoms with van der Waals surface area (Å²) in [6.45, 7) is 9.86. The van der Waals surface area contributed by atoms with E-state index in [0.717, 1.165) is 6.42 Å². The number of rotatable bonds is 0. The molecule has 6 heteroatoms. The normalized spacial score (nSPS) is 14.3. The first-order valence-corrected chi connectivity index (χ1v) is 5.88. The van der Waals surface area contributed by atoms with Crippen LogP contribution in [0.25, 0.3) is 0 Å². The largest absolute Gasteiger partial charge is 0.508 e. The highest BCUT2D eigenvalue weighted by molar-refractivity contribution is 5.61. The van der Waals surface area contributed by atoms with Crippen molar-refractivity contribution in [1.29, 1.82) is 0 Å². The van der Waals surface area contributed by atoms with Gasteiger partial charge in [-0.3, -0.25) is 0 Å². The Morgan fingerprint density at radius 3 is 1.05 bits per heavy atom. The van der Waals surface area contributed by atoms with Gasteiger partial charge in [-0.1, -0.05) is 42.5 Å². The van der Waals surface area contributed by atoms with Gasteiger partial charge in [0.2, 0.25) is 0 Å². The molecule has 0 atom stereocenters. The molecule has 0 N–H and O–H groups in total. The van der Waals surface area contributed by atoms with E-state index < -0.39 is 12.3 Å². The molecule has 0 saturated carbocycles. The van der Waals surface area contributed by atoms with Crippen molar-refractivity contribution in [3.63, 3.8) is 0 Å². The van der Waals surface area contributed by atoms with Gasteiger partial charge in [-0.25, -0.2) is 9.59 Å². The predicted octanol–water partition coefficient (Wildman–Crippen LogP) is 4.02. The third-order valence-electron chi connectivity index (χ3n) is 1.25. The Morgan fingerprint density at radius 2 is 0.895 bits per heavy atom. The highest BCUT2D eigenvalue weighted by Gasteiger charge is 2.09. The van der Waals surface area contributed by atoms with E-state index in [9.17, 15) is 9.59 Å². The van der Waals surface area contributed by atoms with E-state index in [2.05, 4.69) is 18.9 Å². The summed E-state index contributed by atoms with van der Waals surface area (Å²) in [5, 5.41) is 0. The van der Waals surface area contributed by atoms with E-state index in [1.807, 2.05) is 27.7 Å². The Balaban J connectivity index is -0.0000000872. The number of cyclic esters (lactones) is 4. The molecule has 2 saturated heterocycles. The van der Waals surface area contributed by atoms with Crippen molar-refractivity contribution >= 4 is 12.3 Å². The van der Waals surface area contributed by atoms with Crippen LogP contribution in [-0.2, 0) is 18.9 Å². The second-order valence-electron chi connectivity index (χ2n) is 2.25. The molecule has 0 aromatic rings. The molecule has 0 amide bonds. The summed E-state index contributed by atoms with van der Waals surface area (Å²) in [7, 11) is 0. The van der Waals surface area contributed by atoms with Gasteiger partial charge < -0.3 is 18.9 Å². The van der Waals surface area contributed by atoms with Crippen LogP contribution >= 0.6 is 0 Å². The minimum Gasteiger partial charge on any atom is -0.434 e. The van der Waals surface area contributed by atoms with E-state index in [1.165, 1.54) is 0 Å². The predicted molar refractivity (Wildman–Crippen MR) is 75.4 cm³/mol. The maximum atomic E-state index is 10.0. The van der Waals surface area contributed by atoms with Gasteiger partial charge in [0, 0.05) is 6.42 Å². The van der Waals surface area contributed by atoms with Crippen molar-refractivity contribution < 1.29 is 28.5 Å². The van der Waals surface area contributed by atoms with E-state index >= 15 is 0 Å². The summed E-state index contributed by atoms with van der Waals surface area (Å²) in [5.74, 6) is 0. The topological polar surface area (TPSA) is 71.1 Å². The monoisotopic (exact) mass is 282 g/mol. The molecule has 0 aromatic carbocycles. The molecule has 2 heterocycles. The first kappa shape index (κ1) is 26.2. The maximum Gasteiger partial charge on any atom is 0.508 e. The Labute approximate surface area is 117 Å². The van der Waals surface area contributed by atoms with Crippen LogP contribution in [0.2, 0.25) is 0 Å². The molecule has 0 aliphatic carbocycles. The summed E-state index contributed by atoms with van der Waals surface area (Å²) >= 11 is 0. The average Bonchev–Trinajstić information content (AvgIpc) is 2.87. The first-order valence-electron chi connectivity index (χ1n) is 5.88. The molecule has 0 bridgehead atoms. The molecule has 0 radical (unpaired) electrons. The lowest BCUT2D eigenvalue weighted by atomic mass is 10.5. The molecule has 19 heavy (non-hydrogen) atoms. The van der Waals surface area contributed by atoms with Gasteiger partial charge in [-0.15, -0.1) is 0 Å². The van der Waals surface area contributed by atoms with Crippen LogP contribution in [0.1, 0.15) is 49.0 Å². The number of hydrogen-bond donors (Lipinski definition) is 0. The van der Waals surface area contributed by atoms with Gasteiger partial charge in [-0.05, 0) is 0 Å². The molecule has 0 aromatic heterocycles. The average molecular weight is 282 g/mol. The van der Waals surface area contributed by atoms with Crippen molar-refractivity contribution in [2.24, 2.45) is 0 Å². The Hall–Kier alpha value is -1.46. The van der Waals surface area contributed by atoms with E-state index in [-0.39, 0.29) is 14.9 Å². The third kappa shape index (κ3) is 19.1. The lowest BCUT2D eigenvalue weighted by molar-refractivity contribution is 0.0192. The first-order chi connectivity index (χ1) is 8.29. The van der Waals surface area contributed by atoms with Gasteiger partial charge in [0.1, 0.15) is 13.2 Å². The number of carbonyl (C=O) groups excluding carboxylic acids is 2. The number of ether oxygens (including phenoxy) is 4. The second-order valence-corrected chi connectivity index (χ2v) is 2.25. The van der Waals surface area contributed by atoms with Crippen LogP contribution in [0.3, 0.4) is 0 Å². The third-order valence-corrected chi connectivity index (χ3v) is 1.25. The summed E-state index contributed by atoms with van der Waals surface area (Å²) in [4.78, 5) is 19.8. The van der Waals surface area contributed by atoms with Crippen molar-refractivity contribution in [2.75, 3.05) is 26.4 Å². The number of hydrogen-bond acceptors (Lipinski definition) is 6. The molecule has 2 fully saturated rings. The quantitative estimate of drug-likeness (QED) is 0.625.